The molecule has 1 fully saturated rings. The van der Waals surface area contributed by atoms with E-state index in [4.69, 9.17) is 4.74 Å². The Bertz CT molecular complexity index is 522. The maximum Gasteiger partial charge on any atom is 0.255 e. The van der Waals surface area contributed by atoms with Crippen LogP contribution < -0.4 is 15.0 Å². The third-order valence-electron chi connectivity index (χ3n) is 4.70. The molecule has 1 heterocycles. The molecule has 128 valence electrons. The Morgan fingerprint density at radius 3 is 2.96 bits per heavy atom. The summed E-state index contributed by atoms with van der Waals surface area (Å²) in [6.45, 7) is 5.48. The standard InChI is InChI=1S/C18H28N2O2S/c1-14-7-4-5-11-20(14)12-6-10-19-18(21)16-9-8-15(23-3)13-17(16)22-2/h8-9,13-14H,4-7,10-12H2,1-3H3,(H,19,21)/p+1/t14-/m1/s1. The van der Waals surface area contributed by atoms with Crippen LogP contribution in [0, 0.1) is 0 Å². The monoisotopic (exact) mass is 337 g/mol. The van der Waals surface area contributed by atoms with E-state index >= 15 is 0 Å². The normalized spacial score (nSPS) is 21.0. The summed E-state index contributed by atoms with van der Waals surface area (Å²) < 4.78 is 5.35. The number of thioether (sulfide) groups is 1. The molecule has 0 aliphatic carbocycles. The maximum atomic E-state index is 12.3. The van der Waals surface area contributed by atoms with Crippen molar-refractivity contribution in [3.63, 3.8) is 0 Å². The van der Waals surface area contributed by atoms with Crippen molar-refractivity contribution in [2.24, 2.45) is 0 Å². The number of carbonyl (C=O) groups is 1. The van der Waals surface area contributed by atoms with Crippen LogP contribution in [0.2, 0.25) is 0 Å². The second-order valence-corrected chi connectivity index (χ2v) is 7.11. The highest BCUT2D eigenvalue weighted by molar-refractivity contribution is 7.98. The first-order chi connectivity index (χ1) is 11.2. The molecule has 0 saturated carbocycles. The van der Waals surface area contributed by atoms with Crippen LogP contribution in [0.3, 0.4) is 0 Å². The molecule has 2 atom stereocenters. The first kappa shape index (κ1) is 18.1. The molecule has 0 bridgehead atoms. The van der Waals surface area contributed by atoms with E-state index in [0.29, 0.717) is 11.3 Å². The summed E-state index contributed by atoms with van der Waals surface area (Å²) in [5, 5.41) is 3.03. The smallest absolute Gasteiger partial charge is 0.255 e. The predicted octanol–water partition coefficient (Wildman–Crippen LogP) is 1.99. The lowest BCUT2D eigenvalue weighted by Crippen LogP contribution is -3.16. The lowest BCUT2D eigenvalue weighted by Gasteiger charge is -2.30. The Labute approximate surface area is 144 Å². The largest absolute Gasteiger partial charge is 0.496 e. The molecule has 0 aromatic heterocycles. The fourth-order valence-electron chi connectivity index (χ4n) is 3.22. The molecular weight excluding hydrogens is 308 g/mol. The van der Waals surface area contributed by atoms with Crippen molar-refractivity contribution in [3.05, 3.63) is 23.8 Å². The van der Waals surface area contributed by atoms with Crippen molar-refractivity contribution in [1.29, 1.82) is 0 Å². The van der Waals surface area contributed by atoms with E-state index in [0.717, 1.165) is 30.4 Å². The van der Waals surface area contributed by atoms with Gasteiger partial charge in [-0.2, -0.15) is 0 Å². The first-order valence-corrected chi connectivity index (χ1v) is 9.73. The highest BCUT2D eigenvalue weighted by Crippen LogP contribution is 2.25. The van der Waals surface area contributed by atoms with Gasteiger partial charge in [-0.05, 0) is 50.6 Å². The Balaban J connectivity index is 1.80. The number of piperidine rings is 1. The van der Waals surface area contributed by atoms with Crippen LogP contribution in [-0.2, 0) is 0 Å². The fraction of sp³-hybridized carbons (Fsp3) is 0.611. The van der Waals surface area contributed by atoms with Crippen molar-refractivity contribution in [2.45, 2.75) is 43.5 Å². The number of nitrogens with one attached hydrogen (secondary N) is 2. The average Bonchev–Trinajstić information content (AvgIpc) is 2.59. The van der Waals surface area contributed by atoms with Gasteiger partial charge in [0.25, 0.3) is 5.91 Å². The molecule has 0 spiro atoms. The molecule has 1 saturated heterocycles. The maximum absolute atomic E-state index is 12.3. The van der Waals surface area contributed by atoms with Gasteiger partial charge in [0.05, 0.1) is 31.8 Å². The summed E-state index contributed by atoms with van der Waals surface area (Å²) in [6, 6.07) is 6.48. The van der Waals surface area contributed by atoms with Crippen molar-refractivity contribution in [3.8, 4) is 5.75 Å². The Morgan fingerprint density at radius 2 is 2.26 bits per heavy atom. The molecule has 1 unspecified atom stereocenters. The SMILES string of the molecule is COc1cc(SC)ccc1C(=O)NCCC[NH+]1CCCC[C@H]1C. The van der Waals surface area contributed by atoms with Crippen molar-refractivity contribution < 1.29 is 14.4 Å². The van der Waals surface area contributed by atoms with E-state index in [2.05, 4.69) is 12.2 Å². The number of benzene rings is 1. The molecule has 1 aliphatic rings. The lowest BCUT2D eigenvalue weighted by molar-refractivity contribution is -0.928. The van der Waals surface area contributed by atoms with Crippen molar-refractivity contribution in [1.82, 2.24) is 5.32 Å². The van der Waals surface area contributed by atoms with E-state index in [9.17, 15) is 4.79 Å². The number of amides is 1. The van der Waals surface area contributed by atoms with Gasteiger partial charge in [-0.1, -0.05) is 0 Å². The molecular formula is C18H29N2O2S+. The van der Waals surface area contributed by atoms with E-state index in [1.807, 2.05) is 24.5 Å². The van der Waals surface area contributed by atoms with Gasteiger partial charge < -0.3 is 15.0 Å². The molecule has 0 radical (unpaired) electrons. The van der Waals surface area contributed by atoms with Crippen LogP contribution in [-0.4, -0.2) is 44.9 Å². The third kappa shape index (κ3) is 5.15. The van der Waals surface area contributed by atoms with Crippen LogP contribution in [0.25, 0.3) is 0 Å². The molecule has 2 N–H and O–H groups in total. The van der Waals surface area contributed by atoms with Gasteiger partial charge in [-0.3, -0.25) is 4.79 Å². The first-order valence-electron chi connectivity index (χ1n) is 8.50. The topological polar surface area (TPSA) is 42.8 Å². The van der Waals surface area contributed by atoms with Crippen molar-refractivity contribution in [2.75, 3.05) is 33.0 Å². The van der Waals surface area contributed by atoms with Gasteiger partial charge in [0.15, 0.2) is 0 Å². The minimum Gasteiger partial charge on any atom is -0.496 e. The summed E-state index contributed by atoms with van der Waals surface area (Å²) in [5.74, 6) is 0.598. The van der Waals surface area contributed by atoms with E-state index < -0.39 is 0 Å². The van der Waals surface area contributed by atoms with Gasteiger partial charge in [0.1, 0.15) is 5.75 Å². The zero-order valence-corrected chi connectivity index (χ0v) is 15.3. The molecule has 1 amide bonds. The molecule has 1 aromatic carbocycles. The highest BCUT2D eigenvalue weighted by Gasteiger charge is 2.21. The van der Waals surface area contributed by atoms with Gasteiger partial charge >= 0.3 is 0 Å². The second-order valence-electron chi connectivity index (χ2n) is 6.23. The number of ether oxygens (including phenoxy) is 1. The minimum atomic E-state index is -0.0452. The van der Waals surface area contributed by atoms with Crippen LogP contribution in [0.15, 0.2) is 23.1 Å². The fourth-order valence-corrected chi connectivity index (χ4v) is 3.65. The number of quaternary nitrogens is 1. The average molecular weight is 338 g/mol. The van der Waals surface area contributed by atoms with Gasteiger partial charge in [0.2, 0.25) is 0 Å². The van der Waals surface area contributed by atoms with E-state index in [-0.39, 0.29) is 5.91 Å². The van der Waals surface area contributed by atoms with Crippen LogP contribution in [0.1, 0.15) is 43.0 Å². The van der Waals surface area contributed by atoms with Crippen molar-refractivity contribution >= 4 is 17.7 Å². The Hall–Kier alpha value is -1.20. The van der Waals surface area contributed by atoms with Crippen LogP contribution in [0.5, 0.6) is 5.75 Å². The zero-order valence-electron chi connectivity index (χ0n) is 14.5. The Kier molecular flexibility index (Phi) is 7.24. The number of hydrogen-bond acceptors (Lipinski definition) is 3. The van der Waals surface area contributed by atoms with Crippen LogP contribution in [0.4, 0.5) is 0 Å². The molecule has 2 rings (SSSR count). The third-order valence-corrected chi connectivity index (χ3v) is 5.42. The molecule has 1 aromatic rings. The minimum absolute atomic E-state index is 0.0452. The van der Waals surface area contributed by atoms with E-state index in [1.54, 1.807) is 23.8 Å². The summed E-state index contributed by atoms with van der Waals surface area (Å²) in [6.07, 6.45) is 7.08. The number of rotatable bonds is 7. The van der Waals surface area contributed by atoms with Gasteiger partial charge in [-0.15, -0.1) is 11.8 Å². The summed E-state index contributed by atoms with van der Waals surface area (Å²) >= 11 is 1.64. The summed E-state index contributed by atoms with van der Waals surface area (Å²) in [4.78, 5) is 15.1. The van der Waals surface area contributed by atoms with Crippen LogP contribution >= 0.6 is 11.8 Å². The Morgan fingerprint density at radius 1 is 1.43 bits per heavy atom. The highest BCUT2D eigenvalue weighted by atomic mass is 32.2. The van der Waals surface area contributed by atoms with Gasteiger partial charge in [-0.25, -0.2) is 0 Å². The molecule has 1 aliphatic heterocycles. The molecule has 4 nitrogen and oxygen atoms in total. The zero-order chi connectivity index (χ0) is 16.7. The second kappa shape index (κ2) is 9.18. The van der Waals surface area contributed by atoms with Gasteiger partial charge in [0, 0.05) is 17.9 Å². The quantitative estimate of drug-likeness (QED) is 0.591. The molecule has 5 heteroatoms. The number of hydrogen-bond donors (Lipinski definition) is 2. The van der Waals surface area contributed by atoms with E-state index in [1.165, 1.54) is 25.8 Å². The lowest BCUT2D eigenvalue weighted by atomic mass is 10.0. The number of carbonyl (C=O) groups excluding carboxylic acids is 1. The summed E-state index contributed by atoms with van der Waals surface area (Å²) in [7, 11) is 1.61. The predicted molar refractivity (Wildman–Crippen MR) is 95.7 cm³/mol. The number of methoxy groups -OCH3 is 1. The molecule has 23 heavy (non-hydrogen) atoms. The number of likely N-dealkylation sites (tertiary alicyclic amines) is 1. The summed E-state index contributed by atoms with van der Waals surface area (Å²) in [5.41, 5.74) is 0.615.